The molecule has 1 spiro atoms. The summed E-state index contributed by atoms with van der Waals surface area (Å²) in [6.07, 6.45) is 5.32. The average molecular weight is 228 g/mol. The Morgan fingerprint density at radius 3 is 2.69 bits per heavy atom. The molecule has 0 aromatic carbocycles. The number of hydrogen-bond donors (Lipinski definition) is 0. The third-order valence-corrected chi connectivity index (χ3v) is 3.23. The number of carbonyl (C=O) groups excluding carboxylic acids is 1. The van der Waals surface area contributed by atoms with Gasteiger partial charge in [0.05, 0.1) is 25.7 Å². The Labute approximate surface area is 96.2 Å². The molecule has 1 atom stereocenters. The molecule has 0 bridgehead atoms. The zero-order chi connectivity index (χ0) is 11.4. The van der Waals surface area contributed by atoms with Crippen molar-refractivity contribution < 1.29 is 19.0 Å². The van der Waals surface area contributed by atoms with Crippen LogP contribution in [0.1, 0.15) is 45.4 Å². The Bertz CT molecular complexity index is 245. The maximum atomic E-state index is 11.7. The Kier molecular flexibility index (Phi) is 3.82. The van der Waals surface area contributed by atoms with E-state index < -0.39 is 5.79 Å². The molecule has 92 valence electrons. The van der Waals surface area contributed by atoms with E-state index in [1.54, 1.807) is 0 Å². The molecule has 16 heavy (non-hydrogen) atoms. The molecule has 4 heteroatoms. The largest absolute Gasteiger partial charge is 0.463 e. The molecule has 4 nitrogen and oxygen atoms in total. The Morgan fingerprint density at radius 1 is 1.19 bits per heavy atom. The summed E-state index contributed by atoms with van der Waals surface area (Å²) >= 11 is 0. The molecule has 2 saturated heterocycles. The first-order valence-electron chi connectivity index (χ1n) is 6.18. The van der Waals surface area contributed by atoms with Crippen LogP contribution in [0.4, 0.5) is 0 Å². The number of carbonyl (C=O) groups is 1. The van der Waals surface area contributed by atoms with Gasteiger partial charge in [0.25, 0.3) is 0 Å². The summed E-state index contributed by atoms with van der Waals surface area (Å²) < 4.78 is 16.5. The van der Waals surface area contributed by atoms with Crippen molar-refractivity contribution in [3.05, 3.63) is 0 Å². The average Bonchev–Trinajstić information content (AvgIpc) is 2.65. The number of hydrogen-bond acceptors (Lipinski definition) is 4. The Morgan fingerprint density at radius 2 is 1.94 bits per heavy atom. The van der Waals surface area contributed by atoms with E-state index in [1.807, 2.05) is 6.92 Å². The third kappa shape index (κ3) is 2.95. The van der Waals surface area contributed by atoms with Crippen molar-refractivity contribution >= 4 is 5.97 Å². The summed E-state index contributed by atoms with van der Waals surface area (Å²) in [6, 6.07) is 0. The predicted molar refractivity (Wildman–Crippen MR) is 57.9 cm³/mol. The van der Waals surface area contributed by atoms with Gasteiger partial charge in [-0.25, -0.2) is 0 Å². The standard InChI is InChI=1S/C12H20O4/c1-10-5-3-2-4-6-12(9-11(13)16-10)14-7-8-15-12/h10H,2-9H2,1H3/t10-/m1/s1. The summed E-state index contributed by atoms with van der Waals surface area (Å²) in [6.45, 7) is 3.12. The van der Waals surface area contributed by atoms with Crippen LogP contribution in [-0.4, -0.2) is 31.1 Å². The first kappa shape index (κ1) is 11.9. The maximum Gasteiger partial charge on any atom is 0.311 e. The number of ether oxygens (including phenoxy) is 3. The van der Waals surface area contributed by atoms with Gasteiger partial charge in [0.2, 0.25) is 0 Å². The minimum Gasteiger partial charge on any atom is -0.463 e. The van der Waals surface area contributed by atoms with E-state index in [1.165, 1.54) is 0 Å². The highest BCUT2D eigenvalue weighted by molar-refractivity contribution is 5.70. The molecule has 0 N–H and O–H groups in total. The second-order valence-corrected chi connectivity index (χ2v) is 4.68. The molecular weight excluding hydrogens is 208 g/mol. The topological polar surface area (TPSA) is 44.8 Å². The van der Waals surface area contributed by atoms with Gasteiger partial charge >= 0.3 is 5.97 Å². The molecular formula is C12H20O4. The first-order valence-corrected chi connectivity index (χ1v) is 6.18. The van der Waals surface area contributed by atoms with Gasteiger partial charge in [0, 0.05) is 6.42 Å². The lowest BCUT2D eigenvalue weighted by Crippen LogP contribution is -2.35. The van der Waals surface area contributed by atoms with Crippen LogP contribution >= 0.6 is 0 Å². The van der Waals surface area contributed by atoms with Gasteiger partial charge in [-0.2, -0.15) is 0 Å². The highest BCUT2D eigenvalue weighted by Crippen LogP contribution is 2.31. The van der Waals surface area contributed by atoms with Crippen molar-refractivity contribution in [1.82, 2.24) is 0 Å². The van der Waals surface area contributed by atoms with Gasteiger partial charge in [0.1, 0.15) is 0 Å². The monoisotopic (exact) mass is 228 g/mol. The van der Waals surface area contributed by atoms with E-state index in [4.69, 9.17) is 14.2 Å². The van der Waals surface area contributed by atoms with Gasteiger partial charge in [-0.1, -0.05) is 6.42 Å². The highest BCUT2D eigenvalue weighted by atomic mass is 16.7. The van der Waals surface area contributed by atoms with Gasteiger partial charge in [0.15, 0.2) is 5.79 Å². The smallest absolute Gasteiger partial charge is 0.311 e. The van der Waals surface area contributed by atoms with Crippen molar-refractivity contribution in [2.24, 2.45) is 0 Å². The van der Waals surface area contributed by atoms with Crippen LogP contribution < -0.4 is 0 Å². The molecule has 0 aromatic rings. The van der Waals surface area contributed by atoms with Crippen LogP contribution in [0, 0.1) is 0 Å². The minimum atomic E-state index is -0.686. The van der Waals surface area contributed by atoms with E-state index in [2.05, 4.69) is 0 Å². The second-order valence-electron chi connectivity index (χ2n) is 4.68. The van der Waals surface area contributed by atoms with Crippen molar-refractivity contribution in [3.8, 4) is 0 Å². The Balaban J connectivity index is 1.99. The molecule has 0 unspecified atom stereocenters. The SMILES string of the molecule is C[C@@H]1CCCCCC2(CC(=O)O1)OCCO2. The normalized spacial score (nSPS) is 31.3. The minimum absolute atomic E-state index is 0.0176. The lowest BCUT2D eigenvalue weighted by Gasteiger charge is -2.28. The van der Waals surface area contributed by atoms with Crippen LogP contribution in [0.25, 0.3) is 0 Å². The lowest BCUT2D eigenvalue weighted by atomic mass is 10.0. The fraction of sp³-hybridized carbons (Fsp3) is 0.917. The van der Waals surface area contributed by atoms with Gasteiger partial charge in [-0.15, -0.1) is 0 Å². The third-order valence-electron chi connectivity index (χ3n) is 3.23. The van der Waals surface area contributed by atoms with Crippen molar-refractivity contribution in [2.45, 2.75) is 57.3 Å². The zero-order valence-electron chi connectivity index (χ0n) is 9.87. The molecule has 0 amide bonds. The lowest BCUT2D eigenvalue weighted by molar-refractivity contribution is -0.189. The quantitative estimate of drug-likeness (QED) is 0.595. The van der Waals surface area contributed by atoms with E-state index in [0.29, 0.717) is 13.2 Å². The number of esters is 1. The predicted octanol–water partition coefficient (Wildman–Crippen LogP) is 2.02. The maximum absolute atomic E-state index is 11.7. The van der Waals surface area contributed by atoms with E-state index in [9.17, 15) is 4.79 Å². The molecule has 2 aliphatic heterocycles. The molecule has 0 radical (unpaired) electrons. The number of cyclic esters (lactones) is 1. The molecule has 0 aromatic heterocycles. The fourth-order valence-electron chi connectivity index (χ4n) is 2.38. The van der Waals surface area contributed by atoms with Crippen molar-refractivity contribution in [2.75, 3.05) is 13.2 Å². The van der Waals surface area contributed by atoms with Gasteiger partial charge in [-0.05, 0) is 26.2 Å². The van der Waals surface area contributed by atoms with Gasteiger partial charge < -0.3 is 14.2 Å². The summed E-state index contributed by atoms with van der Waals surface area (Å²) in [4.78, 5) is 11.7. The molecule has 2 aliphatic rings. The first-order chi connectivity index (χ1) is 7.70. The highest BCUT2D eigenvalue weighted by Gasteiger charge is 2.39. The van der Waals surface area contributed by atoms with E-state index in [0.717, 1.165) is 32.1 Å². The molecule has 2 rings (SSSR count). The molecule has 0 aliphatic carbocycles. The fourth-order valence-corrected chi connectivity index (χ4v) is 2.38. The van der Waals surface area contributed by atoms with Crippen LogP contribution in [0.2, 0.25) is 0 Å². The number of rotatable bonds is 0. The molecule has 2 fully saturated rings. The van der Waals surface area contributed by atoms with Gasteiger partial charge in [-0.3, -0.25) is 4.79 Å². The van der Waals surface area contributed by atoms with Crippen LogP contribution in [0.15, 0.2) is 0 Å². The van der Waals surface area contributed by atoms with E-state index >= 15 is 0 Å². The zero-order valence-corrected chi connectivity index (χ0v) is 9.87. The van der Waals surface area contributed by atoms with Crippen LogP contribution in [-0.2, 0) is 19.0 Å². The van der Waals surface area contributed by atoms with Crippen molar-refractivity contribution in [3.63, 3.8) is 0 Å². The molecule has 0 saturated carbocycles. The Hall–Kier alpha value is -0.610. The van der Waals surface area contributed by atoms with E-state index in [-0.39, 0.29) is 18.5 Å². The van der Waals surface area contributed by atoms with Crippen LogP contribution in [0.3, 0.4) is 0 Å². The van der Waals surface area contributed by atoms with Crippen molar-refractivity contribution in [1.29, 1.82) is 0 Å². The summed E-state index contributed by atoms with van der Waals surface area (Å²) in [7, 11) is 0. The summed E-state index contributed by atoms with van der Waals surface area (Å²) in [5, 5.41) is 0. The second kappa shape index (κ2) is 5.15. The summed E-state index contributed by atoms with van der Waals surface area (Å²) in [5.41, 5.74) is 0. The summed E-state index contributed by atoms with van der Waals surface area (Å²) in [5.74, 6) is -0.884. The van der Waals surface area contributed by atoms with Crippen LogP contribution in [0.5, 0.6) is 0 Å². The molecule has 2 heterocycles.